The van der Waals surface area contributed by atoms with Crippen molar-refractivity contribution in [1.82, 2.24) is 5.32 Å². The monoisotopic (exact) mass is 209 g/mol. The summed E-state index contributed by atoms with van der Waals surface area (Å²) >= 11 is 0. The Morgan fingerprint density at radius 1 is 1.53 bits per heavy atom. The van der Waals surface area contributed by atoms with Gasteiger partial charge in [0.25, 0.3) is 0 Å². The molecule has 0 aromatic heterocycles. The summed E-state index contributed by atoms with van der Waals surface area (Å²) in [4.78, 5) is 0. The SMILES string of the molecule is CC(=CCCNC(C)(C)C)C1=CCCO1. The molecule has 0 spiro atoms. The van der Waals surface area contributed by atoms with Gasteiger partial charge < -0.3 is 10.1 Å². The maximum absolute atomic E-state index is 5.49. The van der Waals surface area contributed by atoms with Gasteiger partial charge in [0.2, 0.25) is 0 Å². The van der Waals surface area contributed by atoms with Gasteiger partial charge in [0.15, 0.2) is 0 Å². The summed E-state index contributed by atoms with van der Waals surface area (Å²) in [6.45, 7) is 10.5. The van der Waals surface area contributed by atoms with E-state index in [2.05, 4.69) is 45.2 Å². The van der Waals surface area contributed by atoms with Crippen LogP contribution in [0.5, 0.6) is 0 Å². The van der Waals surface area contributed by atoms with E-state index in [0.29, 0.717) is 0 Å². The molecule has 1 rings (SSSR count). The third-order valence-electron chi connectivity index (χ3n) is 2.34. The van der Waals surface area contributed by atoms with Crippen LogP contribution in [0.2, 0.25) is 0 Å². The molecule has 2 heteroatoms. The van der Waals surface area contributed by atoms with E-state index in [1.165, 1.54) is 5.57 Å². The van der Waals surface area contributed by atoms with Crippen molar-refractivity contribution >= 4 is 0 Å². The van der Waals surface area contributed by atoms with Gasteiger partial charge in [-0.2, -0.15) is 0 Å². The van der Waals surface area contributed by atoms with Crippen LogP contribution >= 0.6 is 0 Å². The zero-order valence-electron chi connectivity index (χ0n) is 10.4. The Labute approximate surface area is 93.4 Å². The van der Waals surface area contributed by atoms with Gasteiger partial charge in [-0.1, -0.05) is 6.08 Å². The van der Waals surface area contributed by atoms with Crippen molar-refractivity contribution in [2.75, 3.05) is 13.2 Å². The van der Waals surface area contributed by atoms with Gasteiger partial charge in [-0.3, -0.25) is 0 Å². The summed E-state index contributed by atoms with van der Waals surface area (Å²) in [7, 11) is 0. The van der Waals surface area contributed by atoms with Crippen LogP contribution in [0.25, 0.3) is 0 Å². The van der Waals surface area contributed by atoms with Crippen LogP contribution in [-0.2, 0) is 4.74 Å². The average molecular weight is 209 g/mol. The molecular weight excluding hydrogens is 186 g/mol. The van der Waals surface area contributed by atoms with E-state index < -0.39 is 0 Å². The largest absolute Gasteiger partial charge is 0.493 e. The number of allylic oxidation sites excluding steroid dienone is 1. The van der Waals surface area contributed by atoms with E-state index in [4.69, 9.17) is 4.74 Å². The lowest BCUT2D eigenvalue weighted by atomic mass is 10.1. The van der Waals surface area contributed by atoms with Gasteiger partial charge in [-0.05, 0) is 52.3 Å². The Bertz CT molecular complexity index is 258. The number of hydrogen-bond donors (Lipinski definition) is 1. The summed E-state index contributed by atoms with van der Waals surface area (Å²) < 4.78 is 5.49. The standard InChI is InChI=1S/C13H23NO/c1-11(12-8-6-10-15-12)7-5-9-14-13(2,3)4/h7-8,14H,5-6,9-10H2,1-4H3. The van der Waals surface area contributed by atoms with Crippen molar-refractivity contribution < 1.29 is 4.74 Å². The summed E-state index contributed by atoms with van der Waals surface area (Å²) in [5.41, 5.74) is 1.48. The van der Waals surface area contributed by atoms with E-state index in [1.807, 2.05) is 0 Å². The van der Waals surface area contributed by atoms with Crippen molar-refractivity contribution in [3.8, 4) is 0 Å². The Morgan fingerprint density at radius 3 is 2.80 bits per heavy atom. The van der Waals surface area contributed by atoms with Crippen LogP contribution in [0.1, 0.15) is 40.5 Å². The Balaban J connectivity index is 2.25. The van der Waals surface area contributed by atoms with Gasteiger partial charge in [-0.25, -0.2) is 0 Å². The first-order valence-electron chi connectivity index (χ1n) is 5.74. The molecule has 15 heavy (non-hydrogen) atoms. The predicted octanol–water partition coefficient (Wildman–Crippen LogP) is 3.02. The first-order valence-corrected chi connectivity index (χ1v) is 5.74. The van der Waals surface area contributed by atoms with Crippen LogP contribution in [0, 0.1) is 0 Å². The molecule has 0 aromatic rings. The molecule has 86 valence electrons. The third kappa shape index (κ3) is 5.03. The van der Waals surface area contributed by atoms with Crippen LogP contribution in [0.4, 0.5) is 0 Å². The molecule has 0 aromatic carbocycles. The van der Waals surface area contributed by atoms with Crippen LogP contribution in [0.15, 0.2) is 23.5 Å². The molecule has 1 heterocycles. The van der Waals surface area contributed by atoms with Crippen LogP contribution in [-0.4, -0.2) is 18.7 Å². The van der Waals surface area contributed by atoms with E-state index >= 15 is 0 Å². The van der Waals surface area contributed by atoms with E-state index in [9.17, 15) is 0 Å². The minimum atomic E-state index is 0.213. The minimum Gasteiger partial charge on any atom is -0.493 e. The fourth-order valence-electron chi connectivity index (χ4n) is 1.53. The summed E-state index contributed by atoms with van der Waals surface area (Å²) in [6.07, 6.45) is 6.53. The van der Waals surface area contributed by atoms with Gasteiger partial charge in [0.1, 0.15) is 5.76 Å². The Hall–Kier alpha value is -0.760. The number of nitrogens with one attached hydrogen (secondary N) is 1. The molecule has 0 radical (unpaired) electrons. The summed E-state index contributed by atoms with van der Waals surface area (Å²) in [6, 6.07) is 0. The number of rotatable bonds is 4. The van der Waals surface area contributed by atoms with Crippen molar-refractivity contribution in [3.63, 3.8) is 0 Å². The fraction of sp³-hybridized carbons (Fsp3) is 0.692. The molecule has 0 fully saturated rings. The molecule has 1 aliphatic heterocycles. The molecule has 0 unspecified atom stereocenters. The molecular formula is C13H23NO. The zero-order valence-corrected chi connectivity index (χ0v) is 10.4. The summed E-state index contributed by atoms with van der Waals surface area (Å²) in [5, 5.41) is 3.46. The topological polar surface area (TPSA) is 21.3 Å². The lowest BCUT2D eigenvalue weighted by Crippen LogP contribution is -2.36. The van der Waals surface area contributed by atoms with E-state index in [0.717, 1.165) is 31.8 Å². The second-order valence-corrected chi connectivity index (χ2v) is 5.06. The maximum atomic E-state index is 5.49. The normalized spacial score (nSPS) is 17.6. The third-order valence-corrected chi connectivity index (χ3v) is 2.34. The van der Waals surface area contributed by atoms with Gasteiger partial charge in [0.05, 0.1) is 6.61 Å². The van der Waals surface area contributed by atoms with E-state index in [-0.39, 0.29) is 5.54 Å². The molecule has 0 atom stereocenters. The maximum Gasteiger partial charge on any atom is 0.118 e. The van der Waals surface area contributed by atoms with Gasteiger partial charge in [0, 0.05) is 12.0 Å². The molecule has 0 saturated carbocycles. The Kier molecular flexibility index (Phi) is 4.40. The minimum absolute atomic E-state index is 0.213. The molecule has 1 N–H and O–H groups in total. The van der Waals surface area contributed by atoms with E-state index in [1.54, 1.807) is 0 Å². The van der Waals surface area contributed by atoms with Crippen LogP contribution in [0.3, 0.4) is 0 Å². The van der Waals surface area contributed by atoms with Crippen molar-refractivity contribution in [2.24, 2.45) is 0 Å². The predicted molar refractivity (Wildman–Crippen MR) is 64.8 cm³/mol. The average Bonchev–Trinajstić information content (AvgIpc) is 2.63. The van der Waals surface area contributed by atoms with Crippen molar-refractivity contribution in [2.45, 2.75) is 46.1 Å². The van der Waals surface area contributed by atoms with Crippen molar-refractivity contribution in [1.29, 1.82) is 0 Å². The highest BCUT2D eigenvalue weighted by atomic mass is 16.5. The molecule has 0 saturated heterocycles. The second-order valence-electron chi connectivity index (χ2n) is 5.06. The highest BCUT2D eigenvalue weighted by molar-refractivity contribution is 5.25. The van der Waals surface area contributed by atoms with Crippen LogP contribution < -0.4 is 5.32 Å². The lowest BCUT2D eigenvalue weighted by Gasteiger charge is -2.19. The first kappa shape index (κ1) is 12.3. The first-order chi connectivity index (χ1) is 6.99. The summed E-state index contributed by atoms with van der Waals surface area (Å²) in [5.74, 6) is 1.07. The molecule has 0 amide bonds. The molecule has 1 aliphatic rings. The quantitative estimate of drug-likeness (QED) is 0.719. The highest BCUT2D eigenvalue weighted by Crippen LogP contribution is 2.17. The lowest BCUT2D eigenvalue weighted by molar-refractivity contribution is 0.252. The zero-order chi connectivity index (χ0) is 11.3. The molecule has 2 nitrogen and oxygen atoms in total. The number of hydrogen-bond acceptors (Lipinski definition) is 2. The highest BCUT2D eigenvalue weighted by Gasteiger charge is 2.08. The Morgan fingerprint density at radius 2 is 2.27 bits per heavy atom. The second kappa shape index (κ2) is 5.36. The fourth-order valence-corrected chi connectivity index (χ4v) is 1.53. The molecule has 0 aliphatic carbocycles. The number of ether oxygens (including phenoxy) is 1. The van der Waals surface area contributed by atoms with Crippen molar-refractivity contribution in [3.05, 3.63) is 23.5 Å². The van der Waals surface area contributed by atoms with Gasteiger partial charge >= 0.3 is 0 Å². The van der Waals surface area contributed by atoms with Gasteiger partial charge in [-0.15, -0.1) is 0 Å². The smallest absolute Gasteiger partial charge is 0.118 e. The molecule has 0 bridgehead atoms.